The van der Waals surface area contributed by atoms with Crippen LogP contribution in [0.2, 0.25) is 0 Å². The lowest BCUT2D eigenvalue weighted by Crippen LogP contribution is -2.65. The molecule has 0 unspecified atom stereocenters. The highest BCUT2D eigenvalue weighted by molar-refractivity contribution is 6.19. The minimum absolute atomic E-state index is 0.188. The molecule has 140 valence electrons. The zero-order chi connectivity index (χ0) is 19.1. The van der Waals surface area contributed by atoms with Crippen LogP contribution in [0.15, 0.2) is 47.1 Å². The largest absolute Gasteiger partial charge is 0.459 e. The number of carbonyl (C=O) groups is 3. The van der Waals surface area contributed by atoms with Crippen LogP contribution in [0, 0.1) is 0 Å². The first-order chi connectivity index (χ1) is 13.0. The van der Waals surface area contributed by atoms with Crippen molar-refractivity contribution in [3.63, 3.8) is 0 Å². The Labute approximate surface area is 156 Å². The highest BCUT2D eigenvalue weighted by Crippen LogP contribution is 2.29. The molecule has 0 radical (unpaired) electrons. The van der Waals surface area contributed by atoms with Gasteiger partial charge < -0.3 is 14.6 Å². The Balaban J connectivity index is 1.63. The molecular weight excluding hydrogens is 346 g/mol. The first kappa shape index (κ1) is 17.3. The molecule has 1 N–H and O–H groups in total. The van der Waals surface area contributed by atoms with E-state index in [1.54, 1.807) is 24.3 Å². The molecule has 0 saturated carbocycles. The fourth-order valence-corrected chi connectivity index (χ4v) is 3.73. The average Bonchev–Trinajstić information content (AvgIpc) is 3.31. The highest BCUT2D eigenvalue weighted by Gasteiger charge is 2.50. The Morgan fingerprint density at radius 2 is 1.93 bits per heavy atom. The topological polar surface area (TPSA) is 82.9 Å². The van der Waals surface area contributed by atoms with Crippen LogP contribution in [0.4, 0.5) is 10.5 Å². The number of hydrogen-bond acceptors (Lipinski definition) is 4. The molecule has 7 nitrogen and oxygen atoms in total. The number of nitrogens with zero attached hydrogens (tertiary/aromatic N) is 2. The number of furan rings is 1. The van der Waals surface area contributed by atoms with Crippen molar-refractivity contribution in [3.05, 3.63) is 54.0 Å². The molecule has 2 atom stereocenters. The molecule has 7 heteroatoms. The van der Waals surface area contributed by atoms with Crippen LogP contribution in [0.25, 0.3) is 0 Å². The molecule has 0 spiro atoms. The number of hydrogen-bond donors (Lipinski definition) is 1. The number of urea groups is 1. The molecule has 2 fully saturated rings. The van der Waals surface area contributed by atoms with Crippen LogP contribution < -0.4 is 10.2 Å². The number of fused-ring (bicyclic) bond motifs is 1. The second-order valence-electron chi connectivity index (χ2n) is 7.19. The maximum atomic E-state index is 13.2. The molecule has 3 heterocycles. The quantitative estimate of drug-likeness (QED) is 0.904. The van der Waals surface area contributed by atoms with E-state index >= 15 is 0 Å². The maximum Gasteiger partial charge on any atom is 0.329 e. The highest BCUT2D eigenvalue weighted by atomic mass is 16.3. The van der Waals surface area contributed by atoms with Crippen molar-refractivity contribution in [1.29, 1.82) is 0 Å². The monoisotopic (exact) mass is 367 g/mol. The molecule has 2 aliphatic rings. The van der Waals surface area contributed by atoms with Crippen molar-refractivity contribution in [2.75, 3.05) is 11.4 Å². The Morgan fingerprint density at radius 3 is 2.56 bits per heavy atom. The molecule has 27 heavy (non-hydrogen) atoms. The summed E-state index contributed by atoms with van der Waals surface area (Å²) in [7, 11) is 0. The SMILES string of the molecule is CC(C)c1ccc(N2C(=O)N[C@@H]3CCN(C(=O)c4ccco4)[C@@H]3C2=O)cc1. The van der Waals surface area contributed by atoms with Gasteiger partial charge in [0, 0.05) is 6.54 Å². The van der Waals surface area contributed by atoms with E-state index in [9.17, 15) is 14.4 Å². The molecule has 1 aromatic carbocycles. The minimum atomic E-state index is -0.731. The Kier molecular flexibility index (Phi) is 4.22. The molecular formula is C20H21N3O4. The first-order valence-corrected chi connectivity index (χ1v) is 9.06. The number of rotatable bonds is 3. The predicted molar refractivity (Wildman–Crippen MR) is 98.5 cm³/mol. The van der Waals surface area contributed by atoms with E-state index in [2.05, 4.69) is 19.2 Å². The van der Waals surface area contributed by atoms with Crippen LogP contribution >= 0.6 is 0 Å². The molecule has 1 aromatic heterocycles. The summed E-state index contributed by atoms with van der Waals surface area (Å²) in [6, 6.07) is 8.99. The molecule has 2 saturated heterocycles. The van der Waals surface area contributed by atoms with Gasteiger partial charge in [-0.3, -0.25) is 9.59 Å². The standard InChI is InChI=1S/C20H21N3O4/c1-12(2)13-5-7-14(8-6-13)23-19(25)17-15(21-20(23)26)9-10-22(17)18(24)16-4-3-11-27-16/h3-8,11-12,15,17H,9-10H2,1-2H3,(H,21,26)/t15-,17+/m1/s1. The van der Waals surface area contributed by atoms with Gasteiger partial charge in [0.05, 0.1) is 18.0 Å². The van der Waals surface area contributed by atoms with E-state index in [0.29, 0.717) is 24.6 Å². The number of nitrogens with one attached hydrogen (secondary N) is 1. The lowest BCUT2D eigenvalue weighted by atomic mass is 10.0. The number of benzene rings is 1. The number of anilines is 1. The van der Waals surface area contributed by atoms with Crippen molar-refractivity contribution in [3.8, 4) is 0 Å². The second-order valence-corrected chi connectivity index (χ2v) is 7.19. The van der Waals surface area contributed by atoms with Crippen LogP contribution in [-0.4, -0.2) is 41.4 Å². The maximum absolute atomic E-state index is 13.2. The zero-order valence-electron chi connectivity index (χ0n) is 15.2. The summed E-state index contributed by atoms with van der Waals surface area (Å²) in [6.07, 6.45) is 1.96. The average molecular weight is 367 g/mol. The third kappa shape index (κ3) is 2.89. The lowest BCUT2D eigenvalue weighted by molar-refractivity contribution is -0.122. The van der Waals surface area contributed by atoms with Gasteiger partial charge in [0.1, 0.15) is 6.04 Å². The van der Waals surface area contributed by atoms with E-state index in [1.807, 2.05) is 12.1 Å². The second kappa shape index (κ2) is 6.57. The van der Waals surface area contributed by atoms with Crippen LogP contribution in [0.5, 0.6) is 0 Å². The minimum Gasteiger partial charge on any atom is -0.459 e. The van der Waals surface area contributed by atoms with Crippen LogP contribution in [0.1, 0.15) is 42.3 Å². The summed E-state index contributed by atoms with van der Waals surface area (Å²) >= 11 is 0. The van der Waals surface area contributed by atoms with Crippen molar-refractivity contribution in [1.82, 2.24) is 10.2 Å². The summed E-state index contributed by atoms with van der Waals surface area (Å²) in [6.45, 7) is 4.55. The number of likely N-dealkylation sites (tertiary alicyclic amines) is 1. The lowest BCUT2D eigenvalue weighted by Gasteiger charge is -2.36. The van der Waals surface area contributed by atoms with Gasteiger partial charge in [0.25, 0.3) is 11.8 Å². The Morgan fingerprint density at radius 1 is 1.19 bits per heavy atom. The van der Waals surface area contributed by atoms with Gasteiger partial charge in [-0.15, -0.1) is 0 Å². The fraction of sp³-hybridized carbons (Fsp3) is 0.350. The third-order valence-corrected chi connectivity index (χ3v) is 5.19. The number of imide groups is 1. The summed E-state index contributed by atoms with van der Waals surface area (Å²) < 4.78 is 5.19. The third-order valence-electron chi connectivity index (χ3n) is 5.19. The van der Waals surface area contributed by atoms with Gasteiger partial charge in [0.2, 0.25) is 0 Å². The van der Waals surface area contributed by atoms with E-state index in [4.69, 9.17) is 4.42 Å². The van der Waals surface area contributed by atoms with Gasteiger partial charge in [-0.05, 0) is 42.2 Å². The van der Waals surface area contributed by atoms with Gasteiger partial charge in [-0.1, -0.05) is 26.0 Å². The van der Waals surface area contributed by atoms with E-state index in [1.165, 1.54) is 11.2 Å². The van der Waals surface area contributed by atoms with Crippen LogP contribution in [0.3, 0.4) is 0 Å². The van der Waals surface area contributed by atoms with E-state index in [-0.39, 0.29) is 17.7 Å². The summed E-state index contributed by atoms with van der Waals surface area (Å²) in [5, 5.41) is 2.87. The molecule has 4 amide bonds. The van der Waals surface area contributed by atoms with Gasteiger partial charge in [-0.25, -0.2) is 9.69 Å². The Hall–Kier alpha value is -3.09. The Bertz CT molecular complexity index is 873. The zero-order valence-corrected chi connectivity index (χ0v) is 15.2. The molecule has 0 bridgehead atoms. The normalized spacial score (nSPS) is 22.2. The van der Waals surface area contributed by atoms with E-state index < -0.39 is 18.0 Å². The number of carbonyl (C=O) groups excluding carboxylic acids is 3. The smallest absolute Gasteiger partial charge is 0.329 e. The van der Waals surface area contributed by atoms with Gasteiger partial charge in [0.15, 0.2) is 5.76 Å². The van der Waals surface area contributed by atoms with E-state index in [0.717, 1.165) is 10.5 Å². The summed E-state index contributed by atoms with van der Waals surface area (Å²) in [5.41, 5.74) is 1.62. The number of amides is 4. The molecule has 4 rings (SSSR count). The van der Waals surface area contributed by atoms with Gasteiger partial charge >= 0.3 is 6.03 Å². The molecule has 0 aliphatic carbocycles. The first-order valence-electron chi connectivity index (χ1n) is 9.06. The van der Waals surface area contributed by atoms with Gasteiger partial charge in [-0.2, -0.15) is 0 Å². The molecule has 2 aliphatic heterocycles. The summed E-state index contributed by atoms with van der Waals surface area (Å²) in [4.78, 5) is 41.0. The van der Waals surface area contributed by atoms with Crippen LogP contribution in [-0.2, 0) is 4.79 Å². The van der Waals surface area contributed by atoms with Crippen molar-refractivity contribution < 1.29 is 18.8 Å². The van der Waals surface area contributed by atoms with Crippen molar-refractivity contribution in [2.24, 2.45) is 0 Å². The fourth-order valence-electron chi connectivity index (χ4n) is 3.73. The predicted octanol–water partition coefficient (Wildman–Crippen LogP) is 2.74. The molecule has 2 aromatic rings. The van der Waals surface area contributed by atoms with Crippen molar-refractivity contribution in [2.45, 2.75) is 38.3 Å². The van der Waals surface area contributed by atoms with Crippen molar-refractivity contribution >= 4 is 23.5 Å². The summed E-state index contributed by atoms with van der Waals surface area (Å²) in [5.74, 6) is -0.190.